The van der Waals surface area contributed by atoms with Gasteiger partial charge in [-0.25, -0.2) is 8.78 Å². The summed E-state index contributed by atoms with van der Waals surface area (Å²) in [5.41, 5.74) is 5.64. The molecule has 0 saturated heterocycles. The Labute approximate surface area is 92.6 Å². The van der Waals surface area contributed by atoms with Crippen molar-refractivity contribution in [3.8, 4) is 0 Å². The van der Waals surface area contributed by atoms with Crippen LogP contribution in [0.2, 0.25) is 5.02 Å². The van der Waals surface area contributed by atoms with Crippen LogP contribution in [0.15, 0.2) is 6.20 Å². The topological polar surface area (TPSA) is 38.9 Å². The summed E-state index contributed by atoms with van der Waals surface area (Å²) in [7, 11) is 0. The van der Waals surface area contributed by atoms with Gasteiger partial charge in [0.2, 0.25) is 0 Å². The highest BCUT2D eigenvalue weighted by molar-refractivity contribution is 14.1. The van der Waals surface area contributed by atoms with Crippen LogP contribution in [0.25, 0.3) is 0 Å². The van der Waals surface area contributed by atoms with Crippen molar-refractivity contribution in [2.24, 2.45) is 5.73 Å². The van der Waals surface area contributed by atoms with Gasteiger partial charge < -0.3 is 5.73 Å². The molecule has 2 nitrogen and oxygen atoms in total. The number of nitrogens with zero attached hydrogens (tertiary/aromatic N) is 1. The van der Waals surface area contributed by atoms with Gasteiger partial charge in [-0.3, -0.25) is 4.98 Å². The number of halogens is 4. The molecule has 0 aliphatic heterocycles. The van der Waals surface area contributed by atoms with E-state index in [1.165, 1.54) is 6.20 Å². The lowest BCUT2D eigenvalue weighted by atomic mass is 10.2. The summed E-state index contributed by atoms with van der Waals surface area (Å²) in [6, 6.07) is 0. The minimum Gasteiger partial charge on any atom is -0.326 e. The van der Waals surface area contributed by atoms with E-state index in [2.05, 4.69) is 4.98 Å². The van der Waals surface area contributed by atoms with E-state index in [0.29, 0.717) is 9.13 Å². The number of aromatic nitrogens is 1. The zero-order valence-corrected chi connectivity index (χ0v) is 9.31. The van der Waals surface area contributed by atoms with E-state index >= 15 is 0 Å². The molecule has 1 aromatic rings. The predicted molar refractivity (Wildman–Crippen MR) is 54.8 cm³/mol. The van der Waals surface area contributed by atoms with Crippen molar-refractivity contribution in [1.29, 1.82) is 0 Å². The molecule has 0 aliphatic rings. The minimum absolute atomic E-state index is 0.00134. The first-order valence-corrected chi connectivity index (χ1v) is 4.84. The molecule has 2 N–H and O–H groups in total. The van der Waals surface area contributed by atoms with Crippen molar-refractivity contribution < 1.29 is 8.78 Å². The normalized spacial score (nSPS) is 10.9. The second kappa shape index (κ2) is 4.47. The molecule has 0 atom stereocenters. The van der Waals surface area contributed by atoms with Crippen molar-refractivity contribution in [1.82, 2.24) is 4.98 Å². The van der Waals surface area contributed by atoms with E-state index < -0.39 is 6.43 Å². The van der Waals surface area contributed by atoms with Gasteiger partial charge in [0.05, 0.1) is 5.02 Å². The Kier molecular flexibility index (Phi) is 3.81. The highest BCUT2D eigenvalue weighted by Gasteiger charge is 2.17. The molecule has 1 aromatic heterocycles. The molecule has 0 spiro atoms. The van der Waals surface area contributed by atoms with Crippen LogP contribution in [0.5, 0.6) is 0 Å². The fourth-order valence-electron chi connectivity index (χ4n) is 0.809. The molecule has 1 rings (SSSR count). The zero-order chi connectivity index (χ0) is 10.0. The quantitative estimate of drug-likeness (QED) is 0.852. The fraction of sp³-hybridized carbons (Fsp3) is 0.286. The van der Waals surface area contributed by atoms with Crippen molar-refractivity contribution in [3.63, 3.8) is 0 Å². The van der Waals surface area contributed by atoms with Crippen LogP contribution in [0.1, 0.15) is 17.7 Å². The van der Waals surface area contributed by atoms with Crippen LogP contribution in [-0.4, -0.2) is 4.98 Å². The van der Waals surface area contributed by atoms with Gasteiger partial charge in [-0.1, -0.05) is 11.6 Å². The Balaban J connectivity index is 3.23. The van der Waals surface area contributed by atoms with Gasteiger partial charge >= 0.3 is 0 Å². The third kappa shape index (κ3) is 2.26. The number of rotatable bonds is 2. The van der Waals surface area contributed by atoms with Gasteiger partial charge in [0, 0.05) is 16.3 Å². The summed E-state index contributed by atoms with van der Waals surface area (Å²) in [5, 5.41) is -0.00134. The Morgan fingerprint density at radius 2 is 2.23 bits per heavy atom. The van der Waals surface area contributed by atoms with Gasteiger partial charge in [-0.05, 0) is 28.2 Å². The van der Waals surface area contributed by atoms with Crippen LogP contribution in [0.3, 0.4) is 0 Å². The van der Waals surface area contributed by atoms with E-state index in [1.54, 1.807) is 0 Å². The highest BCUT2D eigenvalue weighted by Crippen LogP contribution is 2.30. The second-order valence-corrected chi connectivity index (χ2v) is 3.76. The lowest BCUT2D eigenvalue weighted by Gasteiger charge is -2.07. The first kappa shape index (κ1) is 11.1. The first-order chi connectivity index (χ1) is 6.07. The third-order valence-electron chi connectivity index (χ3n) is 1.49. The molecule has 0 fully saturated rings. The fourth-order valence-corrected chi connectivity index (χ4v) is 1.70. The molecule has 0 amide bonds. The van der Waals surface area contributed by atoms with Gasteiger partial charge in [-0.2, -0.15) is 0 Å². The predicted octanol–water partition coefficient (Wildman–Crippen LogP) is 2.74. The van der Waals surface area contributed by atoms with Gasteiger partial charge in [0.15, 0.2) is 0 Å². The number of nitrogens with two attached hydrogens (primary N) is 1. The number of hydrogen-bond acceptors (Lipinski definition) is 2. The van der Waals surface area contributed by atoms with Gasteiger partial charge in [0.25, 0.3) is 6.43 Å². The summed E-state index contributed by atoms with van der Waals surface area (Å²) < 4.78 is 25.1. The van der Waals surface area contributed by atoms with Crippen LogP contribution >= 0.6 is 34.2 Å². The molecule has 0 radical (unpaired) electrons. The Hall–Kier alpha value is -0.0100. The smallest absolute Gasteiger partial charge is 0.281 e. The van der Waals surface area contributed by atoms with Crippen molar-refractivity contribution in [3.05, 3.63) is 26.0 Å². The molecule has 6 heteroatoms. The first-order valence-electron chi connectivity index (χ1n) is 3.39. The van der Waals surface area contributed by atoms with E-state index in [-0.39, 0.29) is 17.3 Å². The highest BCUT2D eigenvalue weighted by atomic mass is 127. The average Bonchev–Trinajstić information content (AvgIpc) is 2.09. The van der Waals surface area contributed by atoms with Crippen molar-refractivity contribution in [2.45, 2.75) is 13.0 Å². The summed E-state index contributed by atoms with van der Waals surface area (Å²) in [5.74, 6) is 0. The molecule has 72 valence electrons. The van der Waals surface area contributed by atoms with Gasteiger partial charge in [0.1, 0.15) is 5.69 Å². The Morgan fingerprint density at radius 3 is 2.69 bits per heavy atom. The average molecular weight is 318 g/mol. The SMILES string of the molecule is NCc1cnc(C(F)F)c(Cl)c1I. The van der Waals surface area contributed by atoms with Crippen molar-refractivity contribution in [2.75, 3.05) is 0 Å². The number of pyridine rings is 1. The van der Waals surface area contributed by atoms with Crippen LogP contribution < -0.4 is 5.73 Å². The van der Waals surface area contributed by atoms with Crippen LogP contribution in [-0.2, 0) is 6.54 Å². The molecule has 0 bridgehead atoms. The van der Waals surface area contributed by atoms with Gasteiger partial charge in [-0.15, -0.1) is 0 Å². The number of alkyl halides is 2. The van der Waals surface area contributed by atoms with Crippen LogP contribution in [0, 0.1) is 3.57 Å². The lowest BCUT2D eigenvalue weighted by Crippen LogP contribution is -2.03. The van der Waals surface area contributed by atoms with E-state index in [0.717, 1.165) is 0 Å². The largest absolute Gasteiger partial charge is 0.326 e. The minimum atomic E-state index is -2.65. The third-order valence-corrected chi connectivity index (χ3v) is 3.42. The monoisotopic (exact) mass is 318 g/mol. The Morgan fingerprint density at radius 1 is 1.62 bits per heavy atom. The van der Waals surface area contributed by atoms with Crippen molar-refractivity contribution >= 4 is 34.2 Å². The molecule has 1 heterocycles. The molecular weight excluding hydrogens is 312 g/mol. The molecule has 0 saturated carbocycles. The zero-order valence-electron chi connectivity index (χ0n) is 6.40. The Bertz CT molecular complexity index is 320. The molecule has 0 aliphatic carbocycles. The van der Waals surface area contributed by atoms with E-state index in [4.69, 9.17) is 17.3 Å². The van der Waals surface area contributed by atoms with E-state index in [9.17, 15) is 8.78 Å². The number of hydrogen-bond donors (Lipinski definition) is 1. The summed E-state index contributed by atoms with van der Waals surface area (Å²) in [6.07, 6.45) is -1.32. The molecule has 0 unspecified atom stereocenters. The standard InChI is InChI=1S/C7H6ClF2IN2/c8-4-5(11)3(1-12)2-13-6(4)7(9)10/h2,7H,1,12H2. The maximum atomic E-state index is 12.3. The maximum absolute atomic E-state index is 12.3. The summed E-state index contributed by atoms with van der Waals surface area (Å²) in [4.78, 5) is 3.54. The summed E-state index contributed by atoms with van der Waals surface area (Å²) in [6.45, 7) is 0.245. The second-order valence-electron chi connectivity index (χ2n) is 2.30. The molecule has 13 heavy (non-hydrogen) atoms. The lowest BCUT2D eigenvalue weighted by molar-refractivity contribution is 0.146. The maximum Gasteiger partial charge on any atom is 0.281 e. The summed E-state index contributed by atoms with van der Waals surface area (Å²) >= 11 is 7.55. The molecular formula is C7H6ClF2IN2. The molecule has 0 aromatic carbocycles. The van der Waals surface area contributed by atoms with E-state index in [1.807, 2.05) is 22.6 Å². The van der Waals surface area contributed by atoms with Crippen LogP contribution in [0.4, 0.5) is 8.78 Å².